The molecule has 2 heterocycles. The van der Waals surface area contributed by atoms with Gasteiger partial charge in [-0.05, 0) is 25.0 Å². The van der Waals surface area contributed by atoms with Crippen molar-refractivity contribution in [2.24, 2.45) is 0 Å². The van der Waals surface area contributed by atoms with Crippen LogP contribution in [0.5, 0.6) is 0 Å². The third-order valence-corrected chi connectivity index (χ3v) is 6.19. The number of amides is 3. The predicted octanol–water partition coefficient (Wildman–Crippen LogP) is 0.583. The highest BCUT2D eigenvalue weighted by molar-refractivity contribution is 6.21. The van der Waals surface area contributed by atoms with Gasteiger partial charge in [-0.2, -0.15) is 0 Å². The van der Waals surface area contributed by atoms with E-state index in [1.807, 2.05) is 0 Å². The van der Waals surface area contributed by atoms with Gasteiger partial charge >= 0.3 is 0 Å². The Hall–Kier alpha value is -2.37. The molecule has 2 aliphatic heterocycles. The number of rotatable bonds is 12. The third-order valence-electron chi connectivity index (χ3n) is 6.19. The summed E-state index contributed by atoms with van der Waals surface area (Å²) in [5.41, 5.74) is 0.949. The lowest BCUT2D eigenvalue weighted by molar-refractivity contribution is -0.270. The Morgan fingerprint density at radius 2 is 1.59 bits per heavy atom. The van der Waals surface area contributed by atoms with Crippen molar-refractivity contribution in [1.82, 2.24) is 10.2 Å². The summed E-state index contributed by atoms with van der Waals surface area (Å²) in [7, 11) is 0. The Bertz CT molecular complexity index is 828. The van der Waals surface area contributed by atoms with E-state index in [1.165, 1.54) is 11.8 Å². The summed E-state index contributed by atoms with van der Waals surface area (Å²) in [5, 5.41) is 32.2. The van der Waals surface area contributed by atoms with Crippen LogP contribution in [-0.2, 0) is 14.3 Å². The molecule has 3 amide bonds. The fourth-order valence-electron chi connectivity index (χ4n) is 4.33. The minimum atomic E-state index is -1.33. The van der Waals surface area contributed by atoms with Crippen molar-refractivity contribution in [3.05, 3.63) is 35.4 Å². The van der Waals surface area contributed by atoms with Crippen LogP contribution in [0.2, 0.25) is 0 Å². The molecule has 2 aliphatic rings. The molecule has 0 radical (unpaired) electrons. The molecule has 1 saturated heterocycles. The first-order chi connectivity index (χ1) is 16.3. The summed E-state index contributed by atoms with van der Waals surface area (Å²) in [5.74, 6) is -0.834. The van der Waals surface area contributed by atoms with E-state index in [9.17, 15) is 29.7 Å². The third kappa shape index (κ3) is 6.19. The van der Waals surface area contributed by atoms with Crippen LogP contribution in [0, 0.1) is 0 Å². The fourth-order valence-corrected chi connectivity index (χ4v) is 4.33. The molecule has 0 unspecified atom stereocenters. The maximum atomic E-state index is 12.4. The Balaban J connectivity index is 1.30. The number of carbonyl (C=O) groups is 3. The number of unbranched alkanes of at least 4 members (excludes halogenated alkanes) is 5. The zero-order valence-corrected chi connectivity index (χ0v) is 19.4. The number of benzene rings is 1. The van der Waals surface area contributed by atoms with E-state index >= 15 is 0 Å². The van der Waals surface area contributed by atoms with Gasteiger partial charge in [-0.1, -0.05) is 37.8 Å². The van der Waals surface area contributed by atoms with Gasteiger partial charge in [0.1, 0.15) is 24.4 Å². The molecule has 10 heteroatoms. The van der Waals surface area contributed by atoms with Crippen LogP contribution >= 0.6 is 0 Å². The van der Waals surface area contributed by atoms with Crippen molar-refractivity contribution >= 4 is 17.7 Å². The van der Waals surface area contributed by atoms with Crippen LogP contribution in [0.4, 0.5) is 0 Å². The standard InChI is InChI=1S/C24H34N2O8/c1-15(28)25-19-21(30)20(29)18(14-27)34-24(19)33-13-9-5-3-2-4-8-12-26-22(31)16-10-6-7-11-17(16)23(26)32/h6-7,10-11,18-21,24,27,29-30H,2-5,8-9,12-14H2,1H3,(H,25,28)/t18-,19+,20-,21-,24-/m1/s1. The first kappa shape index (κ1) is 26.2. The number of nitrogens with one attached hydrogen (secondary N) is 1. The van der Waals surface area contributed by atoms with Crippen LogP contribution in [0.1, 0.15) is 66.2 Å². The van der Waals surface area contributed by atoms with Gasteiger partial charge in [0.2, 0.25) is 5.91 Å². The molecule has 0 aliphatic carbocycles. The molecule has 0 bridgehead atoms. The van der Waals surface area contributed by atoms with E-state index in [2.05, 4.69) is 5.32 Å². The second-order valence-corrected chi connectivity index (χ2v) is 8.73. The van der Waals surface area contributed by atoms with Gasteiger partial charge in [-0.15, -0.1) is 0 Å². The van der Waals surface area contributed by atoms with Crippen LogP contribution < -0.4 is 5.32 Å². The van der Waals surface area contributed by atoms with Crippen LogP contribution in [-0.4, -0.2) is 88.3 Å². The van der Waals surface area contributed by atoms with E-state index in [4.69, 9.17) is 9.47 Å². The predicted molar refractivity (Wildman–Crippen MR) is 121 cm³/mol. The molecule has 0 saturated carbocycles. The van der Waals surface area contributed by atoms with E-state index in [0.717, 1.165) is 38.5 Å². The van der Waals surface area contributed by atoms with E-state index in [0.29, 0.717) is 24.3 Å². The fraction of sp³-hybridized carbons (Fsp3) is 0.625. The lowest BCUT2D eigenvalue weighted by atomic mass is 9.97. The summed E-state index contributed by atoms with van der Waals surface area (Å²) in [6.07, 6.45) is 0.552. The molecule has 4 N–H and O–H groups in total. The van der Waals surface area contributed by atoms with Gasteiger partial charge in [-0.25, -0.2) is 0 Å². The summed E-state index contributed by atoms with van der Waals surface area (Å²) in [6.45, 7) is 1.56. The quantitative estimate of drug-likeness (QED) is 0.252. The maximum absolute atomic E-state index is 12.4. The average molecular weight is 479 g/mol. The van der Waals surface area contributed by atoms with E-state index in [-0.39, 0.29) is 11.8 Å². The normalized spacial score (nSPS) is 26.6. The number of hydrogen-bond acceptors (Lipinski definition) is 8. The zero-order chi connectivity index (χ0) is 24.7. The molecule has 0 aromatic heterocycles. The van der Waals surface area contributed by atoms with Gasteiger partial charge in [0.05, 0.1) is 17.7 Å². The molecule has 10 nitrogen and oxygen atoms in total. The molecule has 1 aromatic rings. The number of carbonyl (C=O) groups excluding carboxylic acids is 3. The minimum absolute atomic E-state index is 0.221. The lowest BCUT2D eigenvalue weighted by Gasteiger charge is -2.42. The number of fused-ring (bicyclic) bond motifs is 1. The number of nitrogens with zero attached hydrogens (tertiary/aromatic N) is 1. The summed E-state index contributed by atoms with van der Waals surface area (Å²) >= 11 is 0. The zero-order valence-electron chi connectivity index (χ0n) is 19.4. The second-order valence-electron chi connectivity index (χ2n) is 8.73. The molecule has 5 atom stereocenters. The van der Waals surface area contributed by atoms with Crippen molar-refractivity contribution in [1.29, 1.82) is 0 Å². The Morgan fingerprint density at radius 1 is 1.00 bits per heavy atom. The minimum Gasteiger partial charge on any atom is -0.394 e. The van der Waals surface area contributed by atoms with Crippen molar-refractivity contribution in [2.75, 3.05) is 19.8 Å². The summed E-state index contributed by atoms with van der Waals surface area (Å²) < 4.78 is 11.2. The molecular formula is C24H34N2O8. The molecule has 188 valence electrons. The number of hydrogen-bond donors (Lipinski definition) is 4. The number of ether oxygens (including phenoxy) is 2. The second kappa shape index (κ2) is 12.4. The summed E-state index contributed by atoms with van der Waals surface area (Å²) in [6, 6.07) is 5.95. The Kier molecular flexibility index (Phi) is 9.54. The highest BCUT2D eigenvalue weighted by Crippen LogP contribution is 2.24. The van der Waals surface area contributed by atoms with Crippen LogP contribution in [0.15, 0.2) is 24.3 Å². The SMILES string of the molecule is CC(=O)N[C@@H]1[C@H](OCCCCCCCCN2C(=O)c3ccccc3C2=O)O[C@H](CO)[C@@H](O)[C@@H]1O. The van der Waals surface area contributed by atoms with Gasteiger partial charge < -0.3 is 30.1 Å². The number of aliphatic hydroxyl groups is 3. The molecule has 34 heavy (non-hydrogen) atoms. The van der Waals surface area contributed by atoms with Crippen molar-refractivity contribution in [2.45, 2.75) is 76.1 Å². The molecule has 0 spiro atoms. The van der Waals surface area contributed by atoms with E-state index in [1.54, 1.807) is 24.3 Å². The molecule has 3 rings (SSSR count). The Morgan fingerprint density at radius 3 is 2.18 bits per heavy atom. The highest BCUT2D eigenvalue weighted by atomic mass is 16.7. The average Bonchev–Trinajstić information content (AvgIpc) is 3.06. The van der Waals surface area contributed by atoms with Crippen molar-refractivity contribution in [3.8, 4) is 0 Å². The lowest BCUT2D eigenvalue weighted by Crippen LogP contribution is -2.64. The van der Waals surface area contributed by atoms with Gasteiger partial charge in [0.25, 0.3) is 11.8 Å². The van der Waals surface area contributed by atoms with Gasteiger partial charge in [-0.3, -0.25) is 19.3 Å². The topological polar surface area (TPSA) is 146 Å². The maximum Gasteiger partial charge on any atom is 0.261 e. The van der Waals surface area contributed by atoms with Crippen molar-refractivity contribution < 1.29 is 39.2 Å². The molecular weight excluding hydrogens is 444 g/mol. The van der Waals surface area contributed by atoms with Gasteiger partial charge in [0.15, 0.2) is 6.29 Å². The summed E-state index contributed by atoms with van der Waals surface area (Å²) in [4.78, 5) is 37.5. The van der Waals surface area contributed by atoms with Crippen molar-refractivity contribution in [3.63, 3.8) is 0 Å². The van der Waals surface area contributed by atoms with Crippen LogP contribution in [0.3, 0.4) is 0 Å². The monoisotopic (exact) mass is 478 g/mol. The highest BCUT2D eigenvalue weighted by Gasteiger charge is 2.45. The first-order valence-electron chi connectivity index (χ1n) is 11.8. The number of imide groups is 1. The number of aliphatic hydroxyl groups excluding tert-OH is 3. The van der Waals surface area contributed by atoms with Gasteiger partial charge in [0, 0.05) is 20.1 Å². The van der Waals surface area contributed by atoms with Crippen LogP contribution in [0.25, 0.3) is 0 Å². The Labute approximate surface area is 198 Å². The molecule has 1 fully saturated rings. The largest absolute Gasteiger partial charge is 0.394 e. The van der Waals surface area contributed by atoms with E-state index < -0.39 is 43.2 Å². The smallest absolute Gasteiger partial charge is 0.261 e. The first-order valence-corrected chi connectivity index (χ1v) is 11.8. The molecule has 1 aromatic carbocycles.